The monoisotopic (exact) mass is 341 g/mol. The van der Waals surface area contributed by atoms with E-state index in [4.69, 9.17) is 5.11 Å². The Morgan fingerprint density at radius 1 is 1.16 bits per heavy atom. The minimum Gasteiger partial charge on any atom is -0.478 e. The summed E-state index contributed by atoms with van der Waals surface area (Å²) in [5.74, 6) is -2.87. The molecule has 0 fully saturated rings. The molecule has 128 valence electrons. The molecule has 0 bridgehead atoms. The molecule has 0 radical (unpaired) electrons. The van der Waals surface area contributed by atoms with E-state index in [0.29, 0.717) is 0 Å². The molecule has 1 heterocycles. The summed E-state index contributed by atoms with van der Waals surface area (Å²) in [6.07, 6.45) is 4.95. The van der Waals surface area contributed by atoms with Crippen LogP contribution in [0.3, 0.4) is 0 Å². The molecule has 5 heteroatoms. The van der Waals surface area contributed by atoms with E-state index in [1.54, 1.807) is 0 Å². The maximum Gasteiger partial charge on any atom is 0.338 e. The van der Waals surface area contributed by atoms with Gasteiger partial charge in [-0.15, -0.1) is 0 Å². The maximum absolute atomic E-state index is 14.6. The lowest BCUT2D eigenvalue weighted by Crippen LogP contribution is -2.30. The second-order valence-corrected chi connectivity index (χ2v) is 6.72. The number of nitrogens with one attached hydrogen (secondary N) is 1. The number of fused-ring (bicyclic) bond motifs is 3. The van der Waals surface area contributed by atoms with Gasteiger partial charge in [0, 0.05) is 17.2 Å². The Bertz CT molecular complexity index is 907. The lowest BCUT2D eigenvalue weighted by atomic mass is 9.76. The normalized spacial score (nSPS) is 23.7. The highest BCUT2D eigenvalue weighted by Gasteiger charge is 2.39. The lowest BCUT2D eigenvalue weighted by Gasteiger charge is -2.37. The topological polar surface area (TPSA) is 49.3 Å². The van der Waals surface area contributed by atoms with Gasteiger partial charge in [0.1, 0.15) is 11.6 Å². The third-order valence-electron chi connectivity index (χ3n) is 5.17. The van der Waals surface area contributed by atoms with Crippen molar-refractivity contribution in [1.82, 2.24) is 0 Å². The molecule has 1 aliphatic carbocycles. The molecule has 2 aliphatic rings. The van der Waals surface area contributed by atoms with Gasteiger partial charge in [0.2, 0.25) is 0 Å². The van der Waals surface area contributed by atoms with Crippen molar-refractivity contribution in [3.63, 3.8) is 0 Å². The summed E-state index contributed by atoms with van der Waals surface area (Å²) in [5.41, 5.74) is 2.76. The first kappa shape index (κ1) is 15.8. The average Bonchev–Trinajstić information content (AvgIpc) is 3.06. The number of anilines is 1. The summed E-state index contributed by atoms with van der Waals surface area (Å²) in [6.45, 7) is 2.03. The van der Waals surface area contributed by atoms with Crippen molar-refractivity contribution in [2.24, 2.45) is 5.92 Å². The van der Waals surface area contributed by atoms with Crippen LogP contribution in [0, 0.1) is 24.5 Å². The molecule has 3 nitrogen and oxygen atoms in total. The average molecular weight is 341 g/mol. The van der Waals surface area contributed by atoms with Crippen molar-refractivity contribution < 1.29 is 18.7 Å². The van der Waals surface area contributed by atoms with E-state index in [0.717, 1.165) is 35.4 Å². The van der Waals surface area contributed by atoms with Gasteiger partial charge in [-0.1, -0.05) is 29.8 Å². The lowest BCUT2D eigenvalue weighted by molar-refractivity contribution is 0.0691. The van der Waals surface area contributed by atoms with Gasteiger partial charge in [-0.25, -0.2) is 13.6 Å². The van der Waals surface area contributed by atoms with Gasteiger partial charge < -0.3 is 10.4 Å². The SMILES string of the molecule is Cc1ccc2c(c1)[C@@H]1C=CC[C@@H]1[C@H](c1cc(F)c(C(=O)O)cc1F)N2. The molecular weight excluding hydrogens is 324 g/mol. The van der Waals surface area contributed by atoms with Crippen LogP contribution in [0.4, 0.5) is 14.5 Å². The second kappa shape index (κ2) is 5.69. The zero-order valence-corrected chi connectivity index (χ0v) is 13.6. The number of rotatable bonds is 2. The fourth-order valence-electron chi connectivity index (χ4n) is 3.99. The van der Waals surface area contributed by atoms with E-state index in [-0.39, 0.29) is 17.4 Å². The Morgan fingerprint density at radius 3 is 2.72 bits per heavy atom. The van der Waals surface area contributed by atoms with Crippen molar-refractivity contribution in [1.29, 1.82) is 0 Å². The summed E-state index contributed by atoms with van der Waals surface area (Å²) in [4.78, 5) is 11.0. The first-order chi connectivity index (χ1) is 12.0. The van der Waals surface area contributed by atoms with Gasteiger partial charge in [-0.3, -0.25) is 0 Å². The second-order valence-electron chi connectivity index (χ2n) is 6.72. The number of hydrogen-bond acceptors (Lipinski definition) is 2. The maximum atomic E-state index is 14.6. The summed E-state index contributed by atoms with van der Waals surface area (Å²) < 4.78 is 28.7. The molecule has 0 spiro atoms. The summed E-state index contributed by atoms with van der Waals surface area (Å²) in [6, 6.07) is 7.44. The number of carbonyl (C=O) groups is 1. The molecule has 0 aromatic heterocycles. The van der Waals surface area contributed by atoms with Gasteiger partial charge in [-0.2, -0.15) is 0 Å². The van der Waals surface area contributed by atoms with E-state index in [1.807, 2.05) is 19.1 Å². The summed E-state index contributed by atoms with van der Waals surface area (Å²) in [7, 11) is 0. The smallest absolute Gasteiger partial charge is 0.338 e. The van der Waals surface area contributed by atoms with E-state index < -0.39 is 29.2 Å². The van der Waals surface area contributed by atoms with Gasteiger partial charge in [0.25, 0.3) is 0 Å². The highest BCUT2D eigenvalue weighted by Crippen LogP contribution is 2.50. The van der Waals surface area contributed by atoms with Crippen LogP contribution in [0.5, 0.6) is 0 Å². The Hall–Kier alpha value is -2.69. The van der Waals surface area contributed by atoms with Crippen molar-refractivity contribution in [3.8, 4) is 0 Å². The first-order valence-electron chi connectivity index (χ1n) is 8.21. The van der Waals surface area contributed by atoms with Crippen LogP contribution in [-0.2, 0) is 0 Å². The number of hydrogen-bond donors (Lipinski definition) is 2. The van der Waals surface area contributed by atoms with Crippen LogP contribution in [0.1, 0.15) is 45.4 Å². The third kappa shape index (κ3) is 2.51. The number of carboxylic acid groups (broad SMARTS) is 1. The van der Waals surface area contributed by atoms with Crippen LogP contribution in [0.15, 0.2) is 42.5 Å². The summed E-state index contributed by atoms with van der Waals surface area (Å²) in [5, 5.41) is 12.3. The van der Waals surface area contributed by atoms with Crippen molar-refractivity contribution in [3.05, 3.63) is 76.4 Å². The summed E-state index contributed by atoms with van der Waals surface area (Å²) >= 11 is 0. The van der Waals surface area contributed by atoms with E-state index in [1.165, 1.54) is 0 Å². The minimum atomic E-state index is -1.47. The number of aryl methyl sites for hydroxylation is 1. The van der Waals surface area contributed by atoms with Crippen molar-refractivity contribution in [2.75, 3.05) is 5.32 Å². The van der Waals surface area contributed by atoms with Gasteiger partial charge in [0.15, 0.2) is 0 Å². The number of carboxylic acids is 1. The predicted octanol–water partition coefficient (Wildman–Crippen LogP) is 4.80. The fourth-order valence-corrected chi connectivity index (χ4v) is 3.99. The molecule has 2 N–H and O–H groups in total. The quantitative estimate of drug-likeness (QED) is 0.772. The zero-order valence-electron chi connectivity index (χ0n) is 13.6. The standard InChI is InChI=1S/C20H17F2NO2/c1-10-5-6-18-13(7-10)11-3-2-4-12(11)19(23-18)14-8-17(22)15(20(24)25)9-16(14)21/h2-3,5-9,11-12,19,23H,4H2,1H3,(H,24,25)/t11-,12+,19-/m1/s1. The number of aromatic carboxylic acids is 1. The van der Waals surface area contributed by atoms with E-state index >= 15 is 0 Å². The molecule has 0 saturated carbocycles. The van der Waals surface area contributed by atoms with Crippen LogP contribution >= 0.6 is 0 Å². The number of allylic oxidation sites excluding steroid dienone is 2. The van der Waals surface area contributed by atoms with Crippen LogP contribution < -0.4 is 5.32 Å². The molecule has 25 heavy (non-hydrogen) atoms. The van der Waals surface area contributed by atoms with Crippen molar-refractivity contribution >= 4 is 11.7 Å². The molecule has 2 aromatic carbocycles. The minimum absolute atomic E-state index is 0.0684. The fraction of sp³-hybridized carbons (Fsp3) is 0.250. The molecular formula is C20H17F2NO2. The van der Waals surface area contributed by atoms with E-state index in [2.05, 4.69) is 23.5 Å². The molecule has 3 atom stereocenters. The zero-order chi connectivity index (χ0) is 17.7. The molecule has 0 amide bonds. The van der Waals surface area contributed by atoms with Crippen LogP contribution in [0.2, 0.25) is 0 Å². The largest absolute Gasteiger partial charge is 0.478 e. The highest BCUT2D eigenvalue weighted by molar-refractivity contribution is 5.88. The van der Waals surface area contributed by atoms with Crippen molar-refractivity contribution in [2.45, 2.75) is 25.3 Å². The molecule has 1 aliphatic heterocycles. The van der Waals surface area contributed by atoms with E-state index in [9.17, 15) is 13.6 Å². The molecule has 4 rings (SSSR count). The molecule has 0 saturated heterocycles. The van der Waals surface area contributed by atoms with Gasteiger partial charge in [-0.05, 0) is 43.0 Å². The van der Waals surface area contributed by atoms with Crippen LogP contribution in [-0.4, -0.2) is 11.1 Å². The Balaban J connectivity index is 1.81. The number of benzene rings is 2. The Morgan fingerprint density at radius 2 is 1.96 bits per heavy atom. The highest BCUT2D eigenvalue weighted by atomic mass is 19.1. The Labute approximate surface area is 144 Å². The van der Waals surface area contributed by atoms with Gasteiger partial charge >= 0.3 is 5.97 Å². The molecule has 2 aromatic rings. The first-order valence-corrected chi connectivity index (χ1v) is 8.21. The third-order valence-corrected chi connectivity index (χ3v) is 5.17. The Kier molecular flexibility index (Phi) is 3.60. The number of halogens is 2. The molecule has 0 unspecified atom stereocenters. The predicted molar refractivity (Wildman–Crippen MR) is 90.8 cm³/mol. The van der Waals surface area contributed by atoms with Gasteiger partial charge in [0.05, 0.1) is 11.6 Å². The van der Waals surface area contributed by atoms with Crippen LogP contribution in [0.25, 0.3) is 0 Å².